The molecule has 1 atom stereocenters. The van der Waals surface area contributed by atoms with E-state index in [1.54, 1.807) is 0 Å². The zero-order valence-corrected chi connectivity index (χ0v) is 15.1. The number of rotatable bonds is 4. The van der Waals surface area contributed by atoms with E-state index in [9.17, 15) is 26.4 Å². The van der Waals surface area contributed by atoms with E-state index in [0.29, 0.717) is 6.42 Å². The van der Waals surface area contributed by atoms with Crippen molar-refractivity contribution in [2.75, 3.05) is 23.9 Å². The second-order valence-corrected chi connectivity index (χ2v) is 8.48. The Morgan fingerprint density at radius 3 is 2.63 bits per heavy atom. The largest absolute Gasteiger partial charge is 0.353 e. The van der Waals surface area contributed by atoms with E-state index in [4.69, 9.17) is 0 Å². The van der Waals surface area contributed by atoms with Gasteiger partial charge in [-0.15, -0.1) is 0 Å². The molecule has 2 heterocycles. The number of hydrogen-bond acceptors (Lipinski definition) is 5. The van der Waals surface area contributed by atoms with Crippen LogP contribution in [0.5, 0.6) is 0 Å². The summed E-state index contributed by atoms with van der Waals surface area (Å²) in [6.45, 7) is 0. The number of nitrogens with one attached hydrogen (secondary N) is 1. The third-order valence-corrected chi connectivity index (χ3v) is 6.12. The summed E-state index contributed by atoms with van der Waals surface area (Å²) in [5.74, 6) is -4.86. The quantitative estimate of drug-likeness (QED) is 0.800. The summed E-state index contributed by atoms with van der Waals surface area (Å²) < 4.78 is 63.3. The van der Waals surface area contributed by atoms with Gasteiger partial charge in [0.2, 0.25) is 0 Å². The van der Waals surface area contributed by atoms with Crippen LogP contribution in [0.15, 0.2) is 30.5 Å². The highest BCUT2D eigenvalue weighted by Gasteiger charge is 2.33. The first-order valence-electron chi connectivity index (χ1n) is 8.02. The van der Waals surface area contributed by atoms with Crippen molar-refractivity contribution in [3.05, 3.63) is 53.6 Å². The number of aromatic nitrogens is 1. The molecule has 0 radical (unpaired) electrons. The number of halogens is 3. The Bertz CT molecular complexity index is 998. The second kappa shape index (κ2) is 7.18. The molecular weight excluding hydrogens is 383 g/mol. The highest BCUT2D eigenvalue weighted by atomic mass is 32.2. The summed E-state index contributed by atoms with van der Waals surface area (Å²) in [7, 11) is -1.66. The summed E-state index contributed by atoms with van der Waals surface area (Å²) in [6, 6.07) is 4.12. The van der Waals surface area contributed by atoms with E-state index in [0.717, 1.165) is 12.1 Å². The van der Waals surface area contributed by atoms with Gasteiger partial charge >= 0.3 is 0 Å². The van der Waals surface area contributed by atoms with E-state index in [2.05, 4.69) is 10.3 Å². The molecule has 1 aromatic carbocycles. The summed E-state index contributed by atoms with van der Waals surface area (Å²) >= 11 is 0. The van der Waals surface area contributed by atoms with Crippen molar-refractivity contribution in [1.29, 1.82) is 0 Å². The zero-order chi connectivity index (χ0) is 19.8. The zero-order valence-electron chi connectivity index (χ0n) is 14.2. The average molecular weight is 399 g/mol. The van der Waals surface area contributed by atoms with Crippen LogP contribution in [0.4, 0.5) is 24.5 Å². The van der Waals surface area contributed by atoms with Gasteiger partial charge in [0.05, 0.1) is 17.2 Å². The monoisotopic (exact) mass is 399 g/mol. The molecule has 3 rings (SSSR count). The SMILES string of the molecule is CN(C(=O)c1cc(Nc2ccc(F)c(F)c2F)ccn1)C1CCS(=O)(=O)C1. The van der Waals surface area contributed by atoms with Crippen LogP contribution in [-0.4, -0.2) is 48.8 Å². The van der Waals surface area contributed by atoms with Gasteiger partial charge in [-0.1, -0.05) is 0 Å². The number of benzene rings is 1. The standard InChI is InChI=1S/C17H16F3N3O3S/c1-23(11-5-7-27(25,26)9-11)17(24)14-8-10(4-6-21-14)22-13-3-2-12(18)15(19)16(13)20/h2-4,6,8,11H,5,7,9H2,1H3,(H,21,22). The molecule has 1 aromatic heterocycles. The van der Waals surface area contributed by atoms with E-state index in [1.165, 1.54) is 30.3 Å². The van der Waals surface area contributed by atoms with Gasteiger partial charge in [0.1, 0.15) is 5.69 Å². The van der Waals surface area contributed by atoms with Crippen LogP contribution in [0.2, 0.25) is 0 Å². The van der Waals surface area contributed by atoms with E-state index >= 15 is 0 Å². The Kier molecular flexibility index (Phi) is 5.09. The van der Waals surface area contributed by atoms with Gasteiger partial charge in [-0.25, -0.2) is 21.6 Å². The average Bonchev–Trinajstić information content (AvgIpc) is 3.01. The van der Waals surface area contributed by atoms with Crippen LogP contribution >= 0.6 is 0 Å². The number of carbonyl (C=O) groups is 1. The maximum absolute atomic E-state index is 13.8. The summed E-state index contributed by atoms with van der Waals surface area (Å²) in [5, 5.41) is 2.57. The maximum atomic E-state index is 13.8. The number of pyridine rings is 1. The Morgan fingerprint density at radius 1 is 1.22 bits per heavy atom. The molecule has 0 saturated carbocycles. The topological polar surface area (TPSA) is 79.4 Å². The number of anilines is 2. The third-order valence-electron chi connectivity index (χ3n) is 4.37. The molecule has 1 fully saturated rings. The van der Waals surface area contributed by atoms with Gasteiger partial charge in [0.15, 0.2) is 27.3 Å². The molecule has 144 valence electrons. The third kappa shape index (κ3) is 4.05. The molecule has 0 aliphatic carbocycles. The van der Waals surface area contributed by atoms with Crippen LogP contribution in [-0.2, 0) is 9.84 Å². The number of nitrogens with zero attached hydrogens (tertiary/aromatic N) is 2. The number of hydrogen-bond donors (Lipinski definition) is 1. The first kappa shape index (κ1) is 19.2. The Labute approximate surface area is 153 Å². The molecule has 1 N–H and O–H groups in total. The second-order valence-electron chi connectivity index (χ2n) is 6.25. The predicted octanol–water partition coefficient (Wildman–Crippen LogP) is 2.50. The smallest absolute Gasteiger partial charge is 0.272 e. The Hall–Kier alpha value is -2.62. The molecule has 1 saturated heterocycles. The summed E-state index contributed by atoms with van der Waals surface area (Å²) in [6.07, 6.45) is 1.65. The fourth-order valence-corrected chi connectivity index (χ4v) is 4.60. The van der Waals surface area contributed by atoms with Crippen LogP contribution in [0.3, 0.4) is 0 Å². The molecule has 1 aliphatic rings. The maximum Gasteiger partial charge on any atom is 0.272 e. The molecule has 1 amide bonds. The van der Waals surface area contributed by atoms with Crippen molar-refractivity contribution in [1.82, 2.24) is 9.88 Å². The van der Waals surface area contributed by atoms with Gasteiger partial charge in [0.25, 0.3) is 5.91 Å². The molecule has 6 nitrogen and oxygen atoms in total. The van der Waals surface area contributed by atoms with Crippen LogP contribution in [0.25, 0.3) is 0 Å². The lowest BCUT2D eigenvalue weighted by atomic mass is 10.2. The first-order valence-corrected chi connectivity index (χ1v) is 9.84. The lowest BCUT2D eigenvalue weighted by Gasteiger charge is -2.23. The summed E-state index contributed by atoms with van der Waals surface area (Å²) in [5.41, 5.74) is -0.0470. The van der Waals surface area contributed by atoms with Crippen molar-refractivity contribution in [3.8, 4) is 0 Å². The van der Waals surface area contributed by atoms with Crippen molar-refractivity contribution in [2.24, 2.45) is 0 Å². The van der Waals surface area contributed by atoms with Crippen LogP contribution in [0, 0.1) is 17.5 Å². The lowest BCUT2D eigenvalue weighted by Crippen LogP contribution is -2.38. The van der Waals surface area contributed by atoms with Gasteiger partial charge < -0.3 is 10.2 Å². The minimum atomic E-state index is -3.15. The number of amides is 1. The van der Waals surface area contributed by atoms with Crippen LogP contribution in [0.1, 0.15) is 16.9 Å². The first-order chi connectivity index (χ1) is 12.7. The minimum absolute atomic E-state index is 0.00906. The number of carbonyl (C=O) groups excluding carboxylic acids is 1. The fraction of sp³-hybridized carbons (Fsp3) is 0.294. The summed E-state index contributed by atoms with van der Waals surface area (Å²) in [4.78, 5) is 17.8. The molecule has 0 spiro atoms. The predicted molar refractivity (Wildman–Crippen MR) is 93.0 cm³/mol. The van der Waals surface area contributed by atoms with Gasteiger partial charge in [-0.3, -0.25) is 9.78 Å². The van der Waals surface area contributed by atoms with Gasteiger partial charge in [0, 0.05) is 25.0 Å². The minimum Gasteiger partial charge on any atom is -0.353 e. The number of sulfone groups is 1. The van der Waals surface area contributed by atoms with E-state index in [-0.39, 0.29) is 28.6 Å². The fourth-order valence-electron chi connectivity index (χ4n) is 2.83. The molecule has 1 aliphatic heterocycles. The molecule has 1 unspecified atom stereocenters. The van der Waals surface area contributed by atoms with Crippen molar-refractivity contribution >= 4 is 27.1 Å². The van der Waals surface area contributed by atoms with Crippen molar-refractivity contribution < 1.29 is 26.4 Å². The molecular formula is C17H16F3N3O3S. The molecule has 10 heteroatoms. The lowest BCUT2D eigenvalue weighted by molar-refractivity contribution is 0.0742. The van der Waals surface area contributed by atoms with Crippen molar-refractivity contribution in [2.45, 2.75) is 12.5 Å². The Balaban J connectivity index is 1.79. The molecule has 2 aromatic rings. The Morgan fingerprint density at radius 2 is 1.96 bits per heavy atom. The van der Waals surface area contributed by atoms with E-state index in [1.807, 2.05) is 0 Å². The van der Waals surface area contributed by atoms with E-state index < -0.39 is 39.2 Å². The van der Waals surface area contributed by atoms with Crippen LogP contribution < -0.4 is 5.32 Å². The highest BCUT2D eigenvalue weighted by Crippen LogP contribution is 2.24. The molecule has 27 heavy (non-hydrogen) atoms. The molecule has 0 bridgehead atoms. The van der Waals surface area contributed by atoms with Gasteiger partial charge in [-0.2, -0.15) is 0 Å². The van der Waals surface area contributed by atoms with Crippen molar-refractivity contribution in [3.63, 3.8) is 0 Å². The normalized spacial score (nSPS) is 18.3. The van der Waals surface area contributed by atoms with Gasteiger partial charge in [-0.05, 0) is 30.7 Å². The highest BCUT2D eigenvalue weighted by molar-refractivity contribution is 7.91.